The fourth-order valence-corrected chi connectivity index (χ4v) is 2.16. The van der Waals surface area contributed by atoms with Crippen molar-refractivity contribution in [3.8, 4) is 11.3 Å². The smallest absolute Gasteiger partial charge is 0.135 e. The molecule has 0 atom stereocenters. The molecule has 20 heavy (non-hydrogen) atoms. The molecule has 0 saturated carbocycles. The summed E-state index contributed by atoms with van der Waals surface area (Å²) in [6.45, 7) is 11.1. The molecule has 0 spiro atoms. The molecular weight excluding hydrogens is 246 g/mol. The van der Waals surface area contributed by atoms with Crippen molar-refractivity contribution in [1.29, 1.82) is 0 Å². The van der Waals surface area contributed by atoms with Crippen LogP contribution in [0.1, 0.15) is 36.4 Å². The molecule has 0 bridgehead atoms. The quantitative estimate of drug-likeness (QED) is 0.930. The lowest BCUT2D eigenvalue weighted by molar-refractivity contribution is 0.503. The fraction of sp³-hybridized carbons (Fsp3) is 0.412. The topological polar surface area (TPSA) is 51.8 Å². The van der Waals surface area contributed by atoms with E-state index < -0.39 is 0 Å². The highest BCUT2D eigenvalue weighted by atomic mass is 14.9. The summed E-state index contributed by atoms with van der Waals surface area (Å²) >= 11 is 0. The highest BCUT2D eigenvalue weighted by Crippen LogP contribution is 2.27. The van der Waals surface area contributed by atoms with E-state index in [0.29, 0.717) is 6.54 Å². The summed E-state index contributed by atoms with van der Waals surface area (Å²) in [7, 11) is 0. The Kier molecular flexibility index (Phi) is 3.91. The van der Waals surface area contributed by atoms with E-state index in [1.807, 2.05) is 12.3 Å². The standard InChI is InChI=1S/C17H23N3/c1-11-6-7-14(13(3)12(11)2)15-8-9-19-16(20-15)17(4,5)10-18/h6-9H,10,18H2,1-5H3. The maximum Gasteiger partial charge on any atom is 0.135 e. The van der Waals surface area contributed by atoms with Crippen LogP contribution in [0.4, 0.5) is 0 Å². The second kappa shape index (κ2) is 5.33. The zero-order valence-corrected chi connectivity index (χ0v) is 13.0. The molecule has 0 aliphatic rings. The normalized spacial score (nSPS) is 11.7. The third-order valence-corrected chi connectivity index (χ3v) is 4.11. The molecule has 0 fully saturated rings. The van der Waals surface area contributed by atoms with E-state index in [-0.39, 0.29) is 5.41 Å². The zero-order chi connectivity index (χ0) is 14.9. The van der Waals surface area contributed by atoms with Crippen LogP contribution in [0.3, 0.4) is 0 Å². The predicted octanol–water partition coefficient (Wildman–Crippen LogP) is 3.31. The lowest BCUT2D eigenvalue weighted by atomic mass is 9.92. The van der Waals surface area contributed by atoms with Gasteiger partial charge >= 0.3 is 0 Å². The first-order valence-electron chi connectivity index (χ1n) is 6.97. The molecule has 0 amide bonds. The fourth-order valence-electron chi connectivity index (χ4n) is 2.16. The van der Waals surface area contributed by atoms with Crippen molar-refractivity contribution in [2.24, 2.45) is 5.73 Å². The molecule has 0 saturated heterocycles. The van der Waals surface area contributed by atoms with Gasteiger partial charge < -0.3 is 5.73 Å². The highest BCUT2D eigenvalue weighted by molar-refractivity contribution is 5.65. The number of aryl methyl sites for hydroxylation is 1. The Morgan fingerprint density at radius 2 is 1.75 bits per heavy atom. The molecular formula is C17H23N3. The van der Waals surface area contributed by atoms with Gasteiger partial charge in [-0.25, -0.2) is 9.97 Å². The van der Waals surface area contributed by atoms with Crippen LogP contribution in [0.15, 0.2) is 24.4 Å². The van der Waals surface area contributed by atoms with Crippen molar-refractivity contribution in [1.82, 2.24) is 9.97 Å². The van der Waals surface area contributed by atoms with Crippen molar-refractivity contribution in [2.45, 2.75) is 40.0 Å². The molecule has 106 valence electrons. The van der Waals surface area contributed by atoms with Crippen molar-refractivity contribution in [2.75, 3.05) is 6.54 Å². The molecule has 3 nitrogen and oxygen atoms in total. The predicted molar refractivity (Wildman–Crippen MR) is 83.8 cm³/mol. The van der Waals surface area contributed by atoms with E-state index in [2.05, 4.69) is 51.7 Å². The molecule has 0 unspecified atom stereocenters. The SMILES string of the molecule is Cc1ccc(-c2ccnc(C(C)(C)CN)n2)c(C)c1C. The van der Waals surface area contributed by atoms with Crippen LogP contribution < -0.4 is 5.73 Å². The van der Waals surface area contributed by atoms with Gasteiger partial charge in [-0.15, -0.1) is 0 Å². The van der Waals surface area contributed by atoms with Gasteiger partial charge in [0.25, 0.3) is 0 Å². The van der Waals surface area contributed by atoms with Crippen LogP contribution in [0.5, 0.6) is 0 Å². The Hall–Kier alpha value is -1.74. The Morgan fingerprint density at radius 3 is 2.40 bits per heavy atom. The minimum absolute atomic E-state index is 0.205. The molecule has 2 rings (SSSR count). The van der Waals surface area contributed by atoms with Gasteiger partial charge in [-0.1, -0.05) is 26.0 Å². The van der Waals surface area contributed by atoms with Gasteiger partial charge in [-0.05, 0) is 43.5 Å². The number of hydrogen-bond donors (Lipinski definition) is 1. The third kappa shape index (κ3) is 2.59. The van der Waals surface area contributed by atoms with Crippen LogP contribution >= 0.6 is 0 Å². The van der Waals surface area contributed by atoms with Gasteiger partial charge in [0.1, 0.15) is 5.82 Å². The van der Waals surface area contributed by atoms with Crippen molar-refractivity contribution >= 4 is 0 Å². The molecule has 0 radical (unpaired) electrons. The zero-order valence-electron chi connectivity index (χ0n) is 13.0. The Morgan fingerprint density at radius 1 is 1.05 bits per heavy atom. The van der Waals surface area contributed by atoms with E-state index in [4.69, 9.17) is 10.7 Å². The Labute approximate surface area is 121 Å². The summed E-state index contributed by atoms with van der Waals surface area (Å²) < 4.78 is 0. The van der Waals surface area contributed by atoms with Crippen LogP contribution in [-0.2, 0) is 5.41 Å². The molecule has 1 aromatic heterocycles. The number of benzene rings is 1. The number of nitrogens with two attached hydrogens (primary N) is 1. The Bertz CT molecular complexity index is 630. The number of aromatic nitrogens is 2. The summed E-state index contributed by atoms with van der Waals surface area (Å²) in [5, 5.41) is 0. The summed E-state index contributed by atoms with van der Waals surface area (Å²) in [4.78, 5) is 9.11. The minimum Gasteiger partial charge on any atom is -0.329 e. The van der Waals surface area contributed by atoms with Crippen molar-refractivity contribution in [3.05, 3.63) is 46.9 Å². The maximum absolute atomic E-state index is 5.82. The second-order valence-corrected chi connectivity index (χ2v) is 6.03. The average Bonchev–Trinajstić information content (AvgIpc) is 2.45. The van der Waals surface area contributed by atoms with E-state index in [9.17, 15) is 0 Å². The first-order chi connectivity index (χ1) is 9.36. The van der Waals surface area contributed by atoms with Crippen LogP contribution in [0, 0.1) is 20.8 Å². The summed E-state index contributed by atoms with van der Waals surface area (Å²) in [5.74, 6) is 0.801. The van der Waals surface area contributed by atoms with E-state index >= 15 is 0 Å². The van der Waals surface area contributed by atoms with Crippen LogP contribution in [-0.4, -0.2) is 16.5 Å². The van der Waals surface area contributed by atoms with Crippen molar-refractivity contribution < 1.29 is 0 Å². The molecule has 2 N–H and O–H groups in total. The van der Waals surface area contributed by atoms with Crippen molar-refractivity contribution in [3.63, 3.8) is 0 Å². The van der Waals surface area contributed by atoms with Crippen LogP contribution in [0.25, 0.3) is 11.3 Å². The van der Waals surface area contributed by atoms with E-state index in [1.54, 1.807) is 0 Å². The Balaban J connectivity index is 2.55. The van der Waals surface area contributed by atoms with E-state index in [1.165, 1.54) is 22.3 Å². The molecule has 3 heteroatoms. The van der Waals surface area contributed by atoms with Gasteiger partial charge in [0, 0.05) is 23.7 Å². The third-order valence-electron chi connectivity index (χ3n) is 4.11. The first kappa shape index (κ1) is 14.7. The van der Waals surface area contributed by atoms with E-state index in [0.717, 1.165) is 11.5 Å². The maximum atomic E-state index is 5.82. The van der Waals surface area contributed by atoms with Gasteiger partial charge in [-0.2, -0.15) is 0 Å². The molecule has 1 aromatic carbocycles. The van der Waals surface area contributed by atoms with Crippen LogP contribution in [0.2, 0.25) is 0 Å². The number of hydrogen-bond acceptors (Lipinski definition) is 3. The lowest BCUT2D eigenvalue weighted by Gasteiger charge is -2.21. The first-order valence-corrected chi connectivity index (χ1v) is 6.97. The molecule has 1 heterocycles. The van der Waals surface area contributed by atoms with Gasteiger partial charge in [-0.3, -0.25) is 0 Å². The number of rotatable bonds is 3. The highest BCUT2D eigenvalue weighted by Gasteiger charge is 2.22. The summed E-state index contributed by atoms with van der Waals surface area (Å²) in [6, 6.07) is 6.25. The van der Waals surface area contributed by atoms with Gasteiger partial charge in [0.2, 0.25) is 0 Å². The monoisotopic (exact) mass is 269 g/mol. The largest absolute Gasteiger partial charge is 0.329 e. The lowest BCUT2D eigenvalue weighted by Crippen LogP contribution is -2.30. The average molecular weight is 269 g/mol. The van der Waals surface area contributed by atoms with Gasteiger partial charge in [0.05, 0.1) is 5.69 Å². The summed E-state index contributed by atoms with van der Waals surface area (Å²) in [5.41, 5.74) is 11.7. The van der Waals surface area contributed by atoms with Gasteiger partial charge in [0.15, 0.2) is 0 Å². The number of nitrogens with zero attached hydrogens (tertiary/aromatic N) is 2. The molecule has 2 aromatic rings. The second-order valence-electron chi connectivity index (χ2n) is 6.03. The summed E-state index contributed by atoms with van der Waals surface area (Å²) in [6.07, 6.45) is 1.82. The molecule has 0 aliphatic carbocycles. The molecule has 0 aliphatic heterocycles. The minimum atomic E-state index is -0.205.